The van der Waals surface area contributed by atoms with Crippen molar-refractivity contribution in [1.82, 2.24) is 15.3 Å². The van der Waals surface area contributed by atoms with Crippen LogP contribution >= 0.6 is 46.4 Å². The molecule has 1 amide bonds. The minimum absolute atomic E-state index is 0.00685. The Morgan fingerprint density at radius 3 is 2.27 bits per heavy atom. The number of amides is 1. The zero-order valence-electron chi connectivity index (χ0n) is 18.8. The fourth-order valence-electron chi connectivity index (χ4n) is 2.71. The molecule has 1 aliphatic rings. The van der Waals surface area contributed by atoms with Gasteiger partial charge in [0.2, 0.25) is 5.90 Å². The lowest BCUT2D eigenvalue weighted by atomic mass is 10.0. The molecule has 0 radical (unpaired) electrons. The van der Waals surface area contributed by atoms with Gasteiger partial charge in [-0.3, -0.25) is 4.79 Å². The van der Waals surface area contributed by atoms with Crippen molar-refractivity contribution >= 4 is 58.2 Å². The molecular formula is C22H26Cl4N4O3. The molecule has 7 nitrogen and oxygen atoms in total. The average Bonchev–Trinajstić information content (AvgIpc) is 2.71. The van der Waals surface area contributed by atoms with Crippen molar-refractivity contribution in [2.45, 2.75) is 51.6 Å². The summed E-state index contributed by atoms with van der Waals surface area (Å²) in [5.41, 5.74) is 0.519. The number of aliphatic hydroxyl groups is 1. The Morgan fingerprint density at radius 1 is 1.12 bits per heavy atom. The monoisotopic (exact) mass is 534 g/mol. The van der Waals surface area contributed by atoms with E-state index in [0.29, 0.717) is 34.7 Å². The first-order valence-electron chi connectivity index (χ1n) is 10.1. The third-order valence-electron chi connectivity index (χ3n) is 4.65. The van der Waals surface area contributed by atoms with Gasteiger partial charge in [0.15, 0.2) is 0 Å². The van der Waals surface area contributed by atoms with Crippen LogP contribution in [0.15, 0.2) is 29.5 Å². The molecule has 0 saturated carbocycles. The van der Waals surface area contributed by atoms with E-state index in [1.54, 1.807) is 12.3 Å². The minimum atomic E-state index is -0.488. The predicted molar refractivity (Wildman–Crippen MR) is 133 cm³/mol. The van der Waals surface area contributed by atoms with E-state index >= 15 is 0 Å². The third kappa shape index (κ3) is 8.58. The number of carbonyl (C=O) groups is 1. The molecule has 2 aromatic rings. The van der Waals surface area contributed by atoms with Crippen molar-refractivity contribution in [3.05, 3.63) is 56.0 Å². The SMILES string of the molecule is CC(C)(CCO)NC(=O)c1cnc(Cl)c(Cl)c1.CC1(C)CCOC(c2cnc(Cl)c(Cl)c2)=N1. The molecule has 33 heavy (non-hydrogen) atoms. The molecule has 0 saturated heterocycles. The van der Waals surface area contributed by atoms with Gasteiger partial charge in [-0.2, -0.15) is 0 Å². The van der Waals surface area contributed by atoms with Gasteiger partial charge in [0.25, 0.3) is 5.91 Å². The number of ether oxygens (including phenoxy) is 1. The number of carbonyl (C=O) groups excluding carboxylic acids is 1. The first kappa shape index (κ1) is 27.6. The van der Waals surface area contributed by atoms with Crippen molar-refractivity contribution in [3.8, 4) is 0 Å². The number of rotatable bonds is 5. The summed E-state index contributed by atoms with van der Waals surface area (Å²) in [4.78, 5) is 24.1. The van der Waals surface area contributed by atoms with Crippen LogP contribution in [0, 0.1) is 0 Å². The zero-order valence-corrected chi connectivity index (χ0v) is 21.8. The summed E-state index contributed by atoms with van der Waals surface area (Å²) >= 11 is 23.1. The summed E-state index contributed by atoms with van der Waals surface area (Å²) in [7, 11) is 0. The highest BCUT2D eigenvalue weighted by molar-refractivity contribution is 6.41. The van der Waals surface area contributed by atoms with Crippen molar-refractivity contribution in [1.29, 1.82) is 0 Å². The maximum atomic E-state index is 11.9. The molecule has 0 bridgehead atoms. The third-order valence-corrected chi connectivity index (χ3v) is 6.02. The summed E-state index contributed by atoms with van der Waals surface area (Å²) in [5, 5.41) is 12.7. The molecule has 3 rings (SSSR count). The van der Waals surface area contributed by atoms with E-state index in [1.165, 1.54) is 12.3 Å². The first-order valence-corrected chi connectivity index (χ1v) is 11.6. The molecule has 2 N–H and O–H groups in total. The van der Waals surface area contributed by atoms with Crippen LogP contribution in [0.1, 0.15) is 56.5 Å². The number of nitrogens with one attached hydrogen (secondary N) is 1. The topological polar surface area (TPSA) is 96.7 Å². The first-order chi connectivity index (χ1) is 15.3. The Hall–Kier alpha value is -1.64. The molecule has 3 heterocycles. The quantitative estimate of drug-likeness (QED) is 0.485. The van der Waals surface area contributed by atoms with Gasteiger partial charge in [-0.15, -0.1) is 0 Å². The summed E-state index contributed by atoms with van der Waals surface area (Å²) < 4.78 is 5.50. The van der Waals surface area contributed by atoms with Gasteiger partial charge in [0.1, 0.15) is 10.3 Å². The van der Waals surface area contributed by atoms with Crippen LogP contribution in [0.5, 0.6) is 0 Å². The van der Waals surface area contributed by atoms with E-state index in [0.717, 1.165) is 12.0 Å². The fourth-order valence-corrected chi connectivity index (χ4v) is 3.25. The van der Waals surface area contributed by atoms with Crippen LogP contribution in [0.2, 0.25) is 20.4 Å². The molecular weight excluding hydrogens is 510 g/mol. The van der Waals surface area contributed by atoms with Gasteiger partial charge in [-0.1, -0.05) is 46.4 Å². The van der Waals surface area contributed by atoms with E-state index in [4.69, 9.17) is 56.2 Å². The van der Waals surface area contributed by atoms with Crippen molar-refractivity contribution in [2.24, 2.45) is 4.99 Å². The molecule has 0 fully saturated rings. The number of aliphatic imine (C=N–C) groups is 1. The molecule has 0 spiro atoms. The highest BCUT2D eigenvalue weighted by Gasteiger charge is 2.24. The Labute approximate surface area is 213 Å². The summed E-state index contributed by atoms with van der Waals surface area (Å²) in [6, 6.07) is 3.18. The van der Waals surface area contributed by atoms with Crippen LogP contribution in [0.25, 0.3) is 0 Å². The summed E-state index contributed by atoms with van der Waals surface area (Å²) in [5.74, 6) is 0.289. The molecule has 180 valence electrons. The smallest absolute Gasteiger partial charge is 0.253 e. The van der Waals surface area contributed by atoms with Gasteiger partial charge < -0.3 is 15.2 Å². The zero-order chi connectivity index (χ0) is 24.8. The van der Waals surface area contributed by atoms with Crippen LogP contribution < -0.4 is 5.32 Å². The Bertz CT molecular complexity index is 1030. The molecule has 1 aliphatic heterocycles. The summed E-state index contributed by atoms with van der Waals surface area (Å²) in [6.07, 6.45) is 4.35. The second-order valence-corrected chi connectivity index (χ2v) is 10.2. The second-order valence-electron chi connectivity index (χ2n) is 8.63. The van der Waals surface area contributed by atoms with Crippen LogP contribution in [-0.4, -0.2) is 51.2 Å². The fraction of sp³-hybridized carbons (Fsp3) is 0.455. The van der Waals surface area contributed by atoms with E-state index < -0.39 is 5.54 Å². The predicted octanol–water partition coefficient (Wildman–Crippen LogP) is 5.61. The summed E-state index contributed by atoms with van der Waals surface area (Å²) in [6.45, 7) is 8.46. The number of hydrogen-bond acceptors (Lipinski definition) is 6. The van der Waals surface area contributed by atoms with Gasteiger partial charge in [0, 0.05) is 31.0 Å². The molecule has 0 aromatic carbocycles. The lowest BCUT2D eigenvalue weighted by molar-refractivity contribution is 0.0899. The Morgan fingerprint density at radius 2 is 1.73 bits per heavy atom. The van der Waals surface area contributed by atoms with E-state index in [1.807, 2.05) is 13.8 Å². The van der Waals surface area contributed by atoms with Gasteiger partial charge in [-0.05, 0) is 46.2 Å². The number of nitrogens with zero attached hydrogens (tertiary/aromatic N) is 3. The second kappa shape index (κ2) is 11.7. The molecule has 2 aromatic heterocycles. The standard InChI is InChI=1S/C11H14Cl2N2O2.C11H12Cl2N2O/c1-11(2,3-4-16)15-10(17)7-5-8(12)9(13)14-6-7;1-11(2)3-4-16-10(15-11)7-5-8(12)9(13)14-6-7/h5-6,16H,3-4H2,1-2H3,(H,15,17);5-6H,3-4H2,1-2H3. The van der Waals surface area contributed by atoms with Gasteiger partial charge in [0.05, 0.1) is 33.3 Å². The number of pyridine rings is 2. The van der Waals surface area contributed by atoms with Crippen LogP contribution in [-0.2, 0) is 4.74 Å². The van der Waals surface area contributed by atoms with Crippen molar-refractivity contribution in [3.63, 3.8) is 0 Å². The van der Waals surface area contributed by atoms with E-state index in [-0.39, 0.29) is 28.2 Å². The molecule has 0 aliphatic carbocycles. The normalized spacial score (nSPS) is 15.0. The lowest BCUT2D eigenvalue weighted by Crippen LogP contribution is -2.44. The molecule has 0 unspecified atom stereocenters. The maximum absolute atomic E-state index is 11.9. The minimum Gasteiger partial charge on any atom is -0.477 e. The van der Waals surface area contributed by atoms with Gasteiger partial charge >= 0.3 is 0 Å². The number of hydrogen-bond donors (Lipinski definition) is 2. The van der Waals surface area contributed by atoms with E-state index in [9.17, 15) is 4.79 Å². The molecule has 0 atom stereocenters. The Balaban J connectivity index is 0.000000234. The highest BCUT2D eigenvalue weighted by atomic mass is 35.5. The van der Waals surface area contributed by atoms with E-state index in [2.05, 4.69) is 34.1 Å². The number of aliphatic hydroxyl groups excluding tert-OH is 1. The molecule has 11 heteroatoms. The van der Waals surface area contributed by atoms with Crippen LogP contribution in [0.3, 0.4) is 0 Å². The van der Waals surface area contributed by atoms with Gasteiger partial charge in [-0.25, -0.2) is 15.0 Å². The lowest BCUT2D eigenvalue weighted by Gasteiger charge is -2.26. The van der Waals surface area contributed by atoms with Crippen molar-refractivity contribution in [2.75, 3.05) is 13.2 Å². The maximum Gasteiger partial charge on any atom is 0.253 e. The Kier molecular flexibility index (Phi) is 9.76. The highest BCUT2D eigenvalue weighted by Crippen LogP contribution is 2.25. The van der Waals surface area contributed by atoms with Crippen molar-refractivity contribution < 1.29 is 14.6 Å². The number of halogens is 4. The average molecular weight is 536 g/mol. The largest absolute Gasteiger partial charge is 0.477 e. The van der Waals surface area contributed by atoms with Crippen LogP contribution in [0.4, 0.5) is 0 Å². The number of aromatic nitrogens is 2.